The van der Waals surface area contributed by atoms with Gasteiger partial charge in [-0.25, -0.2) is 4.79 Å². The normalized spacial score (nSPS) is 18.6. The highest BCUT2D eigenvalue weighted by molar-refractivity contribution is 9.10. The number of aryl methyl sites for hydroxylation is 1. The minimum absolute atomic E-state index is 0.0895. The Labute approximate surface area is 177 Å². The molecule has 1 N–H and O–H groups in total. The van der Waals surface area contributed by atoms with E-state index in [1.807, 2.05) is 65.3 Å². The number of hydrogen-bond acceptors (Lipinski definition) is 3. The molecule has 0 unspecified atom stereocenters. The molecule has 2 fully saturated rings. The molecule has 146 valence electrons. The van der Waals surface area contributed by atoms with Crippen LogP contribution in [-0.2, 0) is 4.79 Å². The third kappa shape index (κ3) is 3.78. The van der Waals surface area contributed by atoms with Crippen LogP contribution in [0.25, 0.3) is 0 Å². The van der Waals surface area contributed by atoms with Crippen LogP contribution in [0.4, 0.5) is 16.2 Å². The SMILES string of the molecule is Cc1ccc(N2C(=O)CSC23CCN(C(=O)Nc2ccc(Br)cc2)CC3)cc1. The Morgan fingerprint density at radius 1 is 1.07 bits per heavy atom. The van der Waals surface area contributed by atoms with Gasteiger partial charge in [0, 0.05) is 28.9 Å². The Morgan fingerprint density at radius 3 is 2.36 bits per heavy atom. The summed E-state index contributed by atoms with van der Waals surface area (Å²) >= 11 is 5.11. The van der Waals surface area contributed by atoms with E-state index in [2.05, 4.69) is 21.2 Å². The van der Waals surface area contributed by atoms with Crippen LogP contribution in [0.3, 0.4) is 0 Å². The fraction of sp³-hybridized carbons (Fsp3) is 0.333. The van der Waals surface area contributed by atoms with Crippen LogP contribution >= 0.6 is 27.7 Å². The largest absolute Gasteiger partial charge is 0.324 e. The van der Waals surface area contributed by atoms with E-state index in [0.29, 0.717) is 18.8 Å². The van der Waals surface area contributed by atoms with Crippen molar-refractivity contribution in [2.75, 3.05) is 29.1 Å². The summed E-state index contributed by atoms with van der Waals surface area (Å²) in [5.41, 5.74) is 2.91. The average Bonchev–Trinajstić information content (AvgIpc) is 3.01. The van der Waals surface area contributed by atoms with Gasteiger partial charge in [0.15, 0.2) is 0 Å². The molecule has 2 heterocycles. The molecule has 2 aliphatic rings. The molecule has 0 saturated carbocycles. The monoisotopic (exact) mass is 459 g/mol. The van der Waals surface area contributed by atoms with E-state index in [-0.39, 0.29) is 16.8 Å². The van der Waals surface area contributed by atoms with Gasteiger partial charge in [0.1, 0.15) is 0 Å². The third-order valence-corrected chi connectivity index (χ3v) is 7.39. The number of thioether (sulfide) groups is 1. The molecule has 7 heteroatoms. The Balaban J connectivity index is 1.44. The lowest BCUT2D eigenvalue weighted by Gasteiger charge is -2.43. The van der Waals surface area contributed by atoms with Crippen LogP contribution in [0.5, 0.6) is 0 Å². The maximum atomic E-state index is 12.6. The molecule has 0 aromatic heterocycles. The summed E-state index contributed by atoms with van der Waals surface area (Å²) in [6.07, 6.45) is 1.54. The van der Waals surface area contributed by atoms with Gasteiger partial charge in [0.05, 0.1) is 10.6 Å². The quantitative estimate of drug-likeness (QED) is 0.697. The molecule has 0 radical (unpaired) electrons. The van der Waals surface area contributed by atoms with Crippen molar-refractivity contribution in [1.29, 1.82) is 0 Å². The van der Waals surface area contributed by atoms with E-state index in [9.17, 15) is 9.59 Å². The van der Waals surface area contributed by atoms with Gasteiger partial charge in [-0.3, -0.25) is 9.69 Å². The van der Waals surface area contributed by atoms with E-state index in [0.717, 1.165) is 28.7 Å². The van der Waals surface area contributed by atoms with Crippen molar-refractivity contribution in [2.24, 2.45) is 0 Å². The lowest BCUT2D eigenvalue weighted by atomic mass is 10.0. The number of carbonyl (C=O) groups excluding carboxylic acids is 2. The molecular formula is C21H22BrN3O2S. The summed E-state index contributed by atoms with van der Waals surface area (Å²) < 4.78 is 0.976. The zero-order valence-corrected chi connectivity index (χ0v) is 18.1. The van der Waals surface area contributed by atoms with E-state index in [1.165, 1.54) is 5.56 Å². The lowest BCUT2D eigenvalue weighted by molar-refractivity contribution is -0.116. The number of carbonyl (C=O) groups is 2. The number of nitrogens with zero attached hydrogens (tertiary/aromatic N) is 2. The molecule has 2 aromatic carbocycles. The maximum absolute atomic E-state index is 12.6. The minimum atomic E-state index is -0.249. The van der Waals surface area contributed by atoms with Crippen molar-refractivity contribution in [3.63, 3.8) is 0 Å². The van der Waals surface area contributed by atoms with Crippen LogP contribution in [-0.4, -0.2) is 40.6 Å². The minimum Gasteiger partial charge on any atom is -0.324 e. The zero-order chi connectivity index (χ0) is 19.7. The van der Waals surface area contributed by atoms with Crippen LogP contribution in [0.2, 0.25) is 0 Å². The predicted molar refractivity (Wildman–Crippen MR) is 118 cm³/mol. The number of hydrogen-bond donors (Lipinski definition) is 1. The van der Waals surface area contributed by atoms with E-state index >= 15 is 0 Å². The van der Waals surface area contributed by atoms with Gasteiger partial charge in [0.25, 0.3) is 0 Å². The van der Waals surface area contributed by atoms with E-state index in [1.54, 1.807) is 11.8 Å². The summed E-state index contributed by atoms with van der Waals surface area (Å²) in [5.74, 6) is 0.653. The van der Waals surface area contributed by atoms with Gasteiger partial charge in [0.2, 0.25) is 5.91 Å². The summed E-state index contributed by atoms with van der Waals surface area (Å²) in [5, 5.41) is 2.95. The summed E-state index contributed by atoms with van der Waals surface area (Å²) in [7, 11) is 0. The number of anilines is 2. The van der Waals surface area contributed by atoms with Crippen molar-refractivity contribution in [3.05, 3.63) is 58.6 Å². The van der Waals surface area contributed by atoms with Gasteiger partial charge in [-0.2, -0.15) is 0 Å². The topological polar surface area (TPSA) is 52.7 Å². The molecule has 2 aliphatic heterocycles. The first-order chi connectivity index (χ1) is 13.5. The summed E-state index contributed by atoms with van der Waals surface area (Å²) in [6, 6.07) is 15.6. The molecule has 0 aliphatic carbocycles. The first-order valence-electron chi connectivity index (χ1n) is 9.32. The Morgan fingerprint density at radius 2 is 1.71 bits per heavy atom. The van der Waals surface area contributed by atoms with Gasteiger partial charge in [-0.15, -0.1) is 11.8 Å². The number of urea groups is 1. The second-order valence-electron chi connectivity index (χ2n) is 7.22. The maximum Gasteiger partial charge on any atom is 0.321 e. The van der Waals surface area contributed by atoms with Crippen molar-refractivity contribution in [1.82, 2.24) is 4.90 Å². The Kier molecular flexibility index (Phi) is 5.38. The van der Waals surface area contributed by atoms with Gasteiger partial charge >= 0.3 is 6.03 Å². The highest BCUT2D eigenvalue weighted by atomic mass is 79.9. The molecule has 2 aromatic rings. The van der Waals surface area contributed by atoms with Crippen molar-refractivity contribution >= 4 is 51.0 Å². The highest BCUT2D eigenvalue weighted by Gasteiger charge is 2.49. The standard InChI is InChI=1S/C21H22BrN3O2S/c1-15-2-8-18(9-3-15)25-19(26)14-28-21(25)10-12-24(13-11-21)20(27)23-17-6-4-16(22)5-7-17/h2-9H,10-14H2,1H3,(H,23,27). The first-order valence-corrected chi connectivity index (χ1v) is 11.1. The zero-order valence-electron chi connectivity index (χ0n) is 15.7. The predicted octanol–water partition coefficient (Wildman–Crippen LogP) is 4.86. The fourth-order valence-corrected chi connectivity index (χ4v) is 5.38. The highest BCUT2D eigenvalue weighted by Crippen LogP contribution is 2.46. The molecule has 2 saturated heterocycles. The fourth-order valence-electron chi connectivity index (χ4n) is 3.79. The molecule has 3 amide bonds. The summed E-state index contributed by atoms with van der Waals surface area (Å²) in [6.45, 7) is 3.30. The number of halogens is 1. The van der Waals surface area contributed by atoms with Crippen LogP contribution < -0.4 is 10.2 Å². The third-order valence-electron chi connectivity index (χ3n) is 5.34. The molecule has 0 atom stereocenters. The molecule has 4 rings (SSSR count). The second-order valence-corrected chi connectivity index (χ2v) is 9.48. The molecule has 1 spiro atoms. The molecule has 28 heavy (non-hydrogen) atoms. The van der Waals surface area contributed by atoms with Crippen LogP contribution in [0.15, 0.2) is 53.0 Å². The number of amides is 3. The van der Waals surface area contributed by atoms with Gasteiger partial charge in [-0.05, 0) is 56.2 Å². The van der Waals surface area contributed by atoms with Crippen LogP contribution in [0.1, 0.15) is 18.4 Å². The second kappa shape index (κ2) is 7.79. The number of likely N-dealkylation sites (tertiary alicyclic amines) is 1. The van der Waals surface area contributed by atoms with Gasteiger partial charge in [-0.1, -0.05) is 33.6 Å². The molecule has 5 nitrogen and oxygen atoms in total. The van der Waals surface area contributed by atoms with E-state index in [4.69, 9.17) is 0 Å². The molecule has 0 bridgehead atoms. The average molecular weight is 460 g/mol. The van der Waals surface area contributed by atoms with E-state index < -0.39 is 0 Å². The smallest absolute Gasteiger partial charge is 0.321 e. The number of piperidine rings is 1. The first kappa shape index (κ1) is 19.3. The lowest BCUT2D eigenvalue weighted by Crippen LogP contribution is -2.53. The Hall–Kier alpha value is -1.99. The van der Waals surface area contributed by atoms with Crippen molar-refractivity contribution in [3.8, 4) is 0 Å². The number of benzene rings is 2. The van der Waals surface area contributed by atoms with Crippen molar-refractivity contribution in [2.45, 2.75) is 24.6 Å². The molecular weight excluding hydrogens is 438 g/mol. The van der Waals surface area contributed by atoms with Gasteiger partial charge < -0.3 is 10.2 Å². The Bertz CT molecular complexity index is 878. The summed E-state index contributed by atoms with van der Waals surface area (Å²) in [4.78, 5) is 28.8. The number of rotatable bonds is 2. The van der Waals surface area contributed by atoms with Crippen LogP contribution in [0, 0.1) is 6.92 Å². The van der Waals surface area contributed by atoms with Crippen molar-refractivity contribution < 1.29 is 9.59 Å². The number of nitrogens with one attached hydrogen (secondary N) is 1.